The molecule has 0 saturated carbocycles. The molecule has 2 rings (SSSR count). The lowest BCUT2D eigenvalue weighted by Crippen LogP contribution is -2.19. The molecule has 0 saturated heterocycles. The summed E-state index contributed by atoms with van der Waals surface area (Å²) >= 11 is 0. The number of primary amides is 2. The Morgan fingerprint density at radius 2 is 1.41 bits per heavy atom. The molecular formula is C17H17FN2O2. The van der Waals surface area contributed by atoms with Gasteiger partial charge in [-0.2, -0.15) is 0 Å². The van der Waals surface area contributed by atoms with Gasteiger partial charge in [-0.15, -0.1) is 0 Å². The minimum absolute atomic E-state index is 0.00707. The number of hydrogen-bond donors (Lipinski definition) is 2. The Morgan fingerprint density at radius 3 is 1.86 bits per heavy atom. The third-order valence-electron chi connectivity index (χ3n) is 3.51. The maximum Gasteiger partial charge on any atom is 0.249 e. The third-order valence-corrected chi connectivity index (χ3v) is 3.51. The molecule has 0 aliphatic heterocycles. The van der Waals surface area contributed by atoms with Crippen LogP contribution in [0.5, 0.6) is 0 Å². The van der Waals surface area contributed by atoms with Gasteiger partial charge in [0.15, 0.2) is 0 Å². The molecule has 4 nitrogen and oxygen atoms in total. The van der Waals surface area contributed by atoms with Crippen molar-refractivity contribution >= 4 is 11.8 Å². The van der Waals surface area contributed by atoms with Crippen molar-refractivity contribution < 1.29 is 14.0 Å². The van der Waals surface area contributed by atoms with E-state index in [2.05, 4.69) is 0 Å². The van der Waals surface area contributed by atoms with Crippen molar-refractivity contribution in [1.29, 1.82) is 0 Å². The van der Waals surface area contributed by atoms with E-state index in [1.165, 1.54) is 24.3 Å². The van der Waals surface area contributed by atoms with E-state index in [9.17, 15) is 14.0 Å². The molecule has 0 spiro atoms. The van der Waals surface area contributed by atoms with Crippen molar-refractivity contribution in [3.63, 3.8) is 0 Å². The third kappa shape index (κ3) is 2.70. The predicted octanol–water partition coefficient (Wildman–Crippen LogP) is 2.81. The molecule has 0 bridgehead atoms. The summed E-state index contributed by atoms with van der Waals surface area (Å²) in [5, 5.41) is 0. The molecule has 0 aromatic heterocycles. The van der Waals surface area contributed by atoms with Gasteiger partial charge in [0.05, 0.1) is 0 Å². The first-order chi connectivity index (χ1) is 10.3. The lowest BCUT2D eigenvalue weighted by Gasteiger charge is -2.18. The van der Waals surface area contributed by atoms with Gasteiger partial charge in [0.2, 0.25) is 11.8 Å². The summed E-state index contributed by atoms with van der Waals surface area (Å²) in [7, 11) is 0. The summed E-state index contributed by atoms with van der Waals surface area (Å²) in [6, 6.07) is 9.04. The Hall–Kier alpha value is -2.69. The molecule has 0 heterocycles. The van der Waals surface area contributed by atoms with Gasteiger partial charge in [0.25, 0.3) is 0 Å². The van der Waals surface area contributed by atoms with Gasteiger partial charge >= 0.3 is 0 Å². The van der Waals surface area contributed by atoms with Crippen molar-refractivity contribution in [2.75, 3.05) is 0 Å². The summed E-state index contributed by atoms with van der Waals surface area (Å²) in [6.45, 7) is 3.80. The van der Waals surface area contributed by atoms with Crippen LogP contribution in [-0.4, -0.2) is 11.8 Å². The molecule has 0 atom stereocenters. The monoisotopic (exact) mass is 300 g/mol. The molecule has 4 N–H and O–H groups in total. The fraction of sp³-hybridized carbons (Fsp3) is 0.176. The van der Waals surface area contributed by atoms with Gasteiger partial charge in [0.1, 0.15) is 5.82 Å². The minimum atomic E-state index is -0.740. The van der Waals surface area contributed by atoms with Crippen molar-refractivity contribution in [2.45, 2.75) is 19.8 Å². The predicted molar refractivity (Wildman–Crippen MR) is 83.0 cm³/mol. The van der Waals surface area contributed by atoms with Crippen molar-refractivity contribution in [2.24, 2.45) is 11.5 Å². The highest BCUT2D eigenvalue weighted by Gasteiger charge is 2.23. The molecule has 0 radical (unpaired) electrons. The zero-order chi connectivity index (χ0) is 16.4. The molecule has 114 valence electrons. The molecule has 0 unspecified atom stereocenters. The summed E-state index contributed by atoms with van der Waals surface area (Å²) in [6.07, 6.45) is 0. The zero-order valence-electron chi connectivity index (χ0n) is 12.4. The van der Waals surface area contributed by atoms with Gasteiger partial charge in [0, 0.05) is 22.3 Å². The Bertz CT molecular complexity index is 722. The topological polar surface area (TPSA) is 86.2 Å². The van der Waals surface area contributed by atoms with Crippen LogP contribution in [0.1, 0.15) is 46.0 Å². The van der Waals surface area contributed by atoms with E-state index in [-0.39, 0.29) is 28.2 Å². The van der Waals surface area contributed by atoms with E-state index in [1.54, 1.807) is 12.1 Å². The van der Waals surface area contributed by atoms with Crippen LogP contribution in [0.4, 0.5) is 4.39 Å². The minimum Gasteiger partial charge on any atom is -0.366 e. The average Bonchev–Trinajstić information content (AvgIpc) is 2.45. The van der Waals surface area contributed by atoms with Crippen LogP contribution in [0.2, 0.25) is 0 Å². The Morgan fingerprint density at radius 1 is 0.909 bits per heavy atom. The maximum absolute atomic E-state index is 14.5. The first kappa shape index (κ1) is 15.7. The second-order valence-corrected chi connectivity index (χ2v) is 5.32. The summed E-state index contributed by atoms with van der Waals surface area (Å²) in [4.78, 5) is 23.4. The highest BCUT2D eigenvalue weighted by Crippen LogP contribution is 2.36. The van der Waals surface area contributed by atoms with Gasteiger partial charge in [-0.1, -0.05) is 32.0 Å². The molecule has 0 aliphatic rings. The molecule has 0 fully saturated rings. The standard InChI is InChI=1S/C17H17FN2O2/c1-9(2)10-5-4-8-13(18)15(10)14-11(16(19)21)6-3-7-12(14)17(20)22/h3-9H,1-2H3,(H2,19,21)(H2,20,22). The van der Waals surface area contributed by atoms with Crippen LogP contribution in [0.15, 0.2) is 36.4 Å². The summed E-state index contributed by atoms with van der Waals surface area (Å²) < 4.78 is 14.5. The molecular weight excluding hydrogens is 283 g/mol. The number of benzene rings is 2. The van der Waals surface area contributed by atoms with Crippen molar-refractivity contribution in [1.82, 2.24) is 0 Å². The van der Waals surface area contributed by atoms with Crippen LogP contribution < -0.4 is 11.5 Å². The molecule has 5 heteroatoms. The van der Waals surface area contributed by atoms with Gasteiger partial charge in [-0.05, 0) is 29.7 Å². The first-order valence-corrected chi connectivity index (χ1v) is 6.86. The van der Waals surface area contributed by atoms with Crippen molar-refractivity contribution in [3.8, 4) is 11.1 Å². The summed E-state index contributed by atoms with van der Waals surface area (Å²) in [5.74, 6) is -2.01. The quantitative estimate of drug-likeness (QED) is 0.909. The molecule has 2 aromatic carbocycles. The Labute approximate surface area is 127 Å². The molecule has 2 aromatic rings. The lowest BCUT2D eigenvalue weighted by atomic mass is 9.86. The number of halogens is 1. The van der Waals surface area contributed by atoms with E-state index in [1.807, 2.05) is 13.8 Å². The smallest absolute Gasteiger partial charge is 0.249 e. The van der Waals surface area contributed by atoms with Gasteiger partial charge < -0.3 is 11.5 Å². The number of hydrogen-bond acceptors (Lipinski definition) is 2. The van der Waals surface area contributed by atoms with E-state index in [0.29, 0.717) is 5.56 Å². The van der Waals surface area contributed by atoms with Crippen molar-refractivity contribution in [3.05, 3.63) is 58.9 Å². The highest BCUT2D eigenvalue weighted by molar-refractivity contribution is 6.08. The van der Waals surface area contributed by atoms with Crippen LogP contribution >= 0.6 is 0 Å². The van der Waals surface area contributed by atoms with E-state index in [4.69, 9.17) is 11.5 Å². The fourth-order valence-corrected chi connectivity index (χ4v) is 2.52. The average molecular weight is 300 g/mol. The van der Waals surface area contributed by atoms with E-state index >= 15 is 0 Å². The SMILES string of the molecule is CC(C)c1cccc(F)c1-c1c(C(N)=O)cccc1C(N)=O. The Kier molecular flexibility index (Phi) is 4.26. The van der Waals surface area contributed by atoms with Gasteiger partial charge in [-0.25, -0.2) is 4.39 Å². The molecule has 22 heavy (non-hydrogen) atoms. The van der Waals surface area contributed by atoms with Gasteiger partial charge in [-0.3, -0.25) is 9.59 Å². The van der Waals surface area contributed by atoms with Crippen LogP contribution in [0, 0.1) is 5.82 Å². The lowest BCUT2D eigenvalue weighted by molar-refractivity contribution is 0.0999. The number of rotatable bonds is 4. The fourth-order valence-electron chi connectivity index (χ4n) is 2.52. The number of nitrogens with two attached hydrogens (primary N) is 2. The van der Waals surface area contributed by atoms with Crippen LogP contribution in [-0.2, 0) is 0 Å². The molecule has 2 amide bonds. The second-order valence-electron chi connectivity index (χ2n) is 5.32. The second kappa shape index (κ2) is 5.97. The highest BCUT2D eigenvalue weighted by atomic mass is 19.1. The molecule has 0 aliphatic carbocycles. The van der Waals surface area contributed by atoms with Crippen LogP contribution in [0.25, 0.3) is 11.1 Å². The van der Waals surface area contributed by atoms with Crippen LogP contribution in [0.3, 0.4) is 0 Å². The zero-order valence-corrected chi connectivity index (χ0v) is 12.4. The van der Waals surface area contributed by atoms with E-state index in [0.717, 1.165) is 0 Å². The number of amides is 2. The largest absolute Gasteiger partial charge is 0.366 e. The number of carbonyl (C=O) groups excluding carboxylic acids is 2. The maximum atomic E-state index is 14.5. The normalized spacial score (nSPS) is 10.7. The Balaban J connectivity index is 2.94. The first-order valence-electron chi connectivity index (χ1n) is 6.86. The summed E-state index contributed by atoms with van der Waals surface area (Å²) in [5.41, 5.74) is 11.9. The van der Waals surface area contributed by atoms with E-state index < -0.39 is 17.6 Å². The number of carbonyl (C=O) groups is 2.